The van der Waals surface area contributed by atoms with Crippen molar-refractivity contribution in [2.45, 2.75) is 51.6 Å². The molecule has 1 aromatic rings. The van der Waals surface area contributed by atoms with Gasteiger partial charge in [-0.2, -0.15) is 8.42 Å². The molecule has 0 saturated carbocycles. The lowest BCUT2D eigenvalue weighted by molar-refractivity contribution is 0.0109. The summed E-state index contributed by atoms with van der Waals surface area (Å²) in [7, 11) is -5.09. The van der Waals surface area contributed by atoms with Crippen LogP contribution in [0.2, 0.25) is 0 Å². The van der Waals surface area contributed by atoms with E-state index in [1.54, 1.807) is 12.1 Å². The third kappa shape index (κ3) is 18.2. The van der Waals surface area contributed by atoms with Gasteiger partial charge in [0.05, 0.1) is 84.2 Å². The molecule has 0 amide bonds. The van der Waals surface area contributed by atoms with Crippen molar-refractivity contribution in [3.05, 3.63) is 29.8 Å². The highest BCUT2D eigenvalue weighted by Crippen LogP contribution is 2.45. The van der Waals surface area contributed by atoms with Crippen LogP contribution >= 0.6 is 8.53 Å². The minimum absolute atomic E-state index is 0.0694. The number of benzene rings is 1. The molecule has 11 nitrogen and oxygen atoms in total. The molecule has 0 bridgehead atoms. The third-order valence-electron chi connectivity index (χ3n) is 5.18. The van der Waals surface area contributed by atoms with Gasteiger partial charge in [0, 0.05) is 12.1 Å². The smallest absolute Gasteiger partial charge is 0.297 e. The second kappa shape index (κ2) is 23.3. The minimum Gasteiger partial charge on any atom is -0.377 e. The summed E-state index contributed by atoms with van der Waals surface area (Å²) in [4.78, 5) is 0.125. The topological polar surface area (TPSA) is 111 Å². The molecular weight excluding hydrogens is 573 g/mol. The van der Waals surface area contributed by atoms with Crippen LogP contribution in [0.5, 0.6) is 0 Å². The van der Waals surface area contributed by atoms with E-state index < -0.39 is 18.6 Å². The number of rotatable bonds is 26. The van der Waals surface area contributed by atoms with Crippen molar-refractivity contribution < 1.29 is 45.3 Å². The average Bonchev–Trinajstić information content (AvgIpc) is 2.92. The van der Waals surface area contributed by atoms with Crippen LogP contribution in [0.15, 0.2) is 29.2 Å². The van der Waals surface area contributed by atoms with Gasteiger partial charge in [-0.1, -0.05) is 23.6 Å². The molecule has 0 N–H and O–H groups in total. The predicted molar refractivity (Wildman–Crippen MR) is 158 cm³/mol. The normalized spacial score (nSPS) is 12.9. The number of hydrogen-bond acceptors (Lipinski definition) is 11. The maximum atomic E-state index is 12.2. The second-order valence-corrected chi connectivity index (χ2v) is 12.3. The molecule has 13 heteroatoms. The van der Waals surface area contributed by atoms with Crippen molar-refractivity contribution in [2.75, 3.05) is 85.9 Å². The zero-order valence-corrected chi connectivity index (χ0v) is 26.8. The van der Waals surface area contributed by atoms with Gasteiger partial charge in [0.15, 0.2) is 0 Å². The maximum Gasteiger partial charge on any atom is 0.297 e. The van der Waals surface area contributed by atoms with Crippen LogP contribution in [0.3, 0.4) is 0 Å². The lowest BCUT2D eigenvalue weighted by atomic mass is 10.2. The van der Waals surface area contributed by atoms with Crippen molar-refractivity contribution in [2.24, 2.45) is 0 Å². The van der Waals surface area contributed by atoms with E-state index in [0.717, 1.165) is 5.56 Å². The lowest BCUT2D eigenvalue weighted by Crippen LogP contribution is -2.34. The van der Waals surface area contributed by atoms with Crippen LogP contribution in [0.1, 0.15) is 33.3 Å². The molecule has 0 aliphatic heterocycles. The van der Waals surface area contributed by atoms with Crippen LogP contribution in [0.4, 0.5) is 0 Å². The first kappa shape index (κ1) is 37.8. The van der Waals surface area contributed by atoms with Crippen LogP contribution in [-0.2, 0) is 47.0 Å². The SMILES string of the molecule is C#CCOCCOCCOCCOP(OCCOCCOCCOS(=O)(=O)c1ccc(C)cc1)N(C(C)C)C(C)C. The summed E-state index contributed by atoms with van der Waals surface area (Å²) in [5.41, 5.74) is 0.974. The maximum absolute atomic E-state index is 12.2. The van der Waals surface area contributed by atoms with Crippen molar-refractivity contribution >= 4 is 18.6 Å². The Kier molecular flexibility index (Phi) is 21.5. The summed E-state index contributed by atoms with van der Waals surface area (Å²) in [5.74, 6) is 2.40. The fourth-order valence-electron chi connectivity index (χ4n) is 3.36. The molecule has 1 unspecified atom stereocenters. The molecule has 0 aliphatic rings. The van der Waals surface area contributed by atoms with Crippen LogP contribution in [0.25, 0.3) is 0 Å². The first-order valence-corrected chi connectivity index (χ1v) is 16.3. The number of nitrogens with zero attached hydrogens (tertiary/aromatic N) is 1. The highest BCUT2D eigenvalue weighted by Gasteiger charge is 2.27. The Bertz CT molecular complexity index is 917. The van der Waals surface area contributed by atoms with Crippen molar-refractivity contribution in [1.29, 1.82) is 0 Å². The average molecular weight is 622 g/mol. The quantitative estimate of drug-likeness (QED) is 0.0652. The zero-order valence-electron chi connectivity index (χ0n) is 25.1. The first-order valence-electron chi connectivity index (χ1n) is 13.8. The highest BCUT2D eigenvalue weighted by molar-refractivity contribution is 7.86. The van der Waals surface area contributed by atoms with Crippen molar-refractivity contribution in [3.63, 3.8) is 0 Å². The van der Waals surface area contributed by atoms with Crippen LogP contribution in [-0.4, -0.2) is 111 Å². The fourth-order valence-corrected chi connectivity index (χ4v) is 5.81. The molecule has 0 aliphatic carbocycles. The van der Waals surface area contributed by atoms with Crippen LogP contribution < -0.4 is 0 Å². The van der Waals surface area contributed by atoms with Crippen molar-refractivity contribution in [1.82, 2.24) is 4.67 Å². The Morgan fingerprint density at radius 1 is 0.707 bits per heavy atom. The Balaban J connectivity index is 2.20. The number of aryl methyl sites for hydroxylation is 1. The Morgan fingerprint density at radius 2 is 1.12 bits per heavy atom. The molecule has 236 valence electrons. The van der Waals surface area contributed by atoms with E-state index in [4.69, 9.17) is 43.3 Å². The van der Waals surface area contributed by atoms with Gasteiger partial charge in [0.2, 0.25) is 0 Å². The second-order valence-electron chi connectivity index (χ2n) is 9.27. The fraction of sp³-hybridized carbons (Fsp3) is 0.714. The van der Waals surface area contributed by atoms with Crippen LogP contribution in [0, 0.1) is 19.3 Å². The van der Waals surface area contributed by atoms with E-state index in [1.807, 2.05) is 6.92 Å². The van der Waals surface area contributed by atoms with Gasteiger partial charge < -0.3 is 32.7 Å². The molecular formula is C28H48NO10PS. The molecule has 1 rings (SSSR count). The van der Waals surface area contributed by atoms with E-state index in [1.165, 1.54) is 12.1 Å². The molecule has 0 fully saturated rings. The molecule has 0 aromatic heterocycles. The molecule has 1 aromatic carbocycles. The Hall–Kier alpha value is -1.20. The van der Waals surface area contributed by atoms with E-state index in [9.17, 15) is 8.42 Å². The number of ether oxygens (including phenoxy) is 5. The van der Waals surface area contributed by atoms with Gasteiger partial charge in [0.25, 0.3) is 18.6 Å². The van der Waals surface area contributed by atoms with E-state index >= 15 is 0 Å². The molecule has 0 spiro atoms. The van der Waals surface area contributed by atoms with Gasteiger partial charge in [0.1, 0.15) is 6.61 Å². The number of terminal acetylenes is 1. The molecule has 41 heavy (non-hydrogen) atoms. The standard InChI is InChI=1S/C28H48NO10PS/c1-7-12-32-13-14-33-15-16-34-19-22-37-40(29(25(2)3)26(4)5)38-23-20-35-17-18-36-21-24-39-41(30,31)28-10-8-27(6)9-11-28/h1,8-11,25-26H,12-24H2,2-6H3. The third-order valence-corrected chi connectivity index (χ3v) is 8.62. The van der Waals surface area contributed by atoms with E-state index in [0.29, 0.717) is 66.1 Å². The Labute approximate surface area is 248 Å². The largest absolute Gasteiger partial charge is 0.377 e. The van der Waals surface area contributed by atoms with Gasteiger partial charge in [-0.25, -0.2) is 4.67 Å². The first-order chi connectivity index (χ1) is 19.7. The molecule has 0 saturated heterocycles. The van der Waals surface area contributed by atoms with Gasteiger partial charge in [-0.15, -0.1) is 6.42 Å². The van der Waals surface area contributed by atoms with E-state index in [-0.39, 0.29) is 36.8 Å². The summed E-state index contributed by atoms with van der Waals surface area (Å²) >= 11 is 0. The molecule has 0 radical (unpaired) electrons. The zero-order chi connectivity index (χ0) is 30.3. The van der Waals surface area contributed by atoms with Gasteiger partial charge in [-0.05, 0) is 46.8 Å². The minimum atomic E-state index is -3.79. The predicted octanol–water partition coefficient (Wildman–Crippen LogP) is 3.80. The van der Waals surface area contributed by atoms with Gasteiger partial charge in [-0.3, -0.25) is 4.18 Å². The van der Waals surface area contributed by atoms with Gasteiger partial charge >= 0.3 is 0 Å². The van der Waals surface area contributed by atoms with E-state index in [2.05, 4.69) is 38.3 Å². The summed E-state index contributed by atoms with van der Waals surface area (Å²) in [5, 5.41) is 0. The highest BCUT2D eigenvalue weighted by atomic mass is 32.2. The summed E-state index contributed by atoms with van der Waals surface area (Å²) in [6.45, 7) is 14.7. The lowest BCUT2D eigenvalue weighted by Gasteiger charge is -2.35. The summed E-state index contributed by atoms with van der Waals surface area (Å²) in [6, 6.07) is 6.96. The Morgan fingerprint density at radius 3 is 1.56 bits per heavy atom. The molecule has 1 atom stereocenters. The summed E-state index contributed by atoms with van der Waals surface area (Å²) in [6.07, 6.45) is 5.11. The monoisotopic (exact) mass is 621 g/mol. The molecule has 0 heterocycles. The van der Waals surface area contributed by atoms with Crippen molar-refractivity contribution in [3.8, 4) is 12.3 Å². The number of hydrogen-bond donors (Lipinski definition) is 0. The summed E-state index contributed by atoms with van der Waals surface area (Å²) < 4.78 is 70.8.